The van der Waals surface area contributed by atoms with Crippen LogP contribution in [0.15, 0.2) is 0 Å². The Morgan fingerprint density at radius 1 is 1.20 bits per heavy atom. The molecule has 1 aromatic heterocycles. The zero-order valence-electron chi connectivity index (χ0n) is 12.4. The Bertz CT molecular complexity index is 467. The van der Waals surface area contributed by atoms with E-state index in [-0.39, 0.29) is 0 Å². The molecule has 0 unspecified atom stereocenters. The van der Waals surface area contributed by atoms with Crippen LogP contribution in [0.1, 0.15) is 68.4 Å². The van der Waals surface area contributed by atoms with Gasteiger partial charge in [-0.3, -0.25) is 0 Å². The highest BCUT2D eigenvalue weighted by molar-refractivity contribution is 5.43. The zero-order chi connectivity index (χ0) is 13.9. The third-order valence-corrected chi connectivity index (χ3v) is 4.78. The average Bonchev–Trinajstić information content (AvgIpc) is 2.48. The fourth-order valence-electron chi connectivity index (χ4n) is 3.58. The number of hydrogen-bond acceptors (Lipinski definition) is 4. The molecule has 0 amide bonds. The second kappa shape index (κ2) is 6.08. The summed E-state index contributed by atoms with van der Waals surface area (Å²) in [7, 11) is 0. The molecule has 0 bridgehead atoms. The maximum Gasteiger partial charge on any atom is 0.134 e. The summed E-state index contributed by atoms with van der Waals surface area (Å²) < 4.78 is 5.44. The van der Waals surface area contributed by atoms with Crippen LogP contribution < -0.4 is 5.73 Å². The highest BCUT2D eigenvalue weighted by atomic mass is 16.5. The summed E-state index contributed by atoms with van der Waals surface area (Å²) in [4.78, 5) is 9.37. The largest absolute Gasteiger partial charge is 0.383 e. The van der Waals surface area contributed by atoms with E-state index in [9.17, 15) is 0 Å². The summed E-state index contributed by atoms with van der Waals surface area (Å²) in [5, 5.41) is 0. The van der Waals surface area contributed by atoms with E-state index < -0.39 is 0 Å². The number of ether oxygens (including phenoxy) is 1. The quantitative estimate of drug-likeness (QED) is 0.920. The van der Waals surface area contributed by atoms with Gasteiger partial charge in [0.05, 0.1) is 18.9 Å². The van der Waals surface area contributed by atoms with E-state index in [1.807, 2.05) is 0 Å². The molecule has 0 saturated heterocycles. The first-order valence-corrected chi connectivity index (χ1v) is 8.00. The van der Waals surface area contributed by atoms with E-state index in [0.29, 0.717) is 18.3 Å². The Hall–Kier alpha value is -1.16. The second-order valence-corrected chi connectivity index (χ2v) is 6.20. The van der Waals surface area contributed by atoms with Crippen molar-refractivity contribution in [2.75, 3.05) is 12.3 Å². The van der Waals surface area contributed by atoms with E-state index >= 15 is 0 Å². The minimum Gasteiger partial charge on any atom is -0.383 e. The minimum absolute atomic E-state index is 0.513. The van der Waals surface area contributed by atoms with Crippen molar-refractivity contribution in [2.45, 2.75) is 64.4 Å². The van der Waals surface area contributed by atoms with Crippen molar-refractivity contribution in [3.8, 4) is 0 Å². The fourth-order valence-corrected chi connectivity index (χ4v) is 3.58. The molecule has 2 heterocycles. The number of rotatable bonds is 3. The topological polar surface area (TPSA) is 61.0 Å². The molecule has 0 atom stereocenters. The summed E-state index contributed by atoms with van der Waals surface area (Å²) in [5.41, 5.74) is 8.23. The number of nitrogens with zero attached hydrogens (tertiary/aromatic N) is 2. The molecule has 20 heavy (non-hydrogen) atoms. The molecular weight excluding hydrogens is 250 g/mol. The molecule has 110 valence electrons. The highest BCUT2D eigenvalue weighted by Gasteiger charge is 2.26. The number of aromatic nitrogens is 2. The van der Waals surface area contributed by atoms with E-state index in [0.717, 1.165) is 36.0 Å². The van der Waals surface area contributed by atoms with Crippen molar-refractivity contribution in [1.29, 1.82) is 0 Å². The van der Waals surface area contributed by atoms with Crippen molar-refractivity contribution in [3.63, 3.8) is 0 Å². The first-order valence-electron chi connectivity index (χ1n) is 8.00. The van der Waals surface area contributed by atoms with Crippen molar-refractivity contribution >= 4 is 5.82 Å². The van der Waals surface area contributed by atoms with Crippen molar-refractivity contribution in [2.24, 2.45) is 5.92 Å². The lowest BCUT2D eigenvalue weighted by Gasteiger charge is -2.28. The molecule has 4 heteroatoms. The Morgan fingerprint density at radius 2 is 2.00 bits per heavy atom. The van der Waals surface area contributed by atoms with Crippen LogP contribution in [-0.2, 0) is 17.8 Å². The first-order chi connectivity index (χ1) is 9.78. The van der Waals surface area contributed by atoms with Gasteiger partial charge in [0.1, 0.15) is 11.6 Å². The van der Waals surface area contributed by atoms with E-state index in [1.165, 1.54) is 38.5 Å². The lowest BCUT2D eigenvalue weighted by Crippen LogP contribution is -2.20. The summed E-state index contributed by atoms with van der Waals surface area (Å²) >= 11 is 0. The van der Waals surface area contributed by atoms with Crippen LogP contribution in [0, 0.1) is 5.92 Å². The molecule has 1 aliphatic heterocycles. The van der Waals surface area contributed by atoms with Crippen molar-refractivity contribution in [3.05, 3.63) is 17.1 Å². The van der Waals surface area contributed by atoms with Gasteiger partial charge in [-0.1, -0.05) is 19.8 Å². The average molecular weight is 275 g/mol. The van der Waals surface area contributed by atoms with Crippen LogP contribution in [-0.4, -0.2) is 16.6 Å². The third kappa shape index (κ3) is 2.80. The van der Waals surface area contributed by atoms with Crippen LogP contribution in [0.25, 0.3) is 0 Å². The van der Waals surface area contributed by atoms with Gasteiger partial charge in [-0.05, 0) is 31.6 Å². The van der Waals surface area contributed by atoms with Gasteiger partial charge in [-0.25, -0.2) is 9.97 Å². The van der Waals surface area contributed by atoms with Gasteiger partial charge >= 0.3 is 0 Å². The van der Waals surface area contributed by atoms with Gasteiger partial charge < -0.3 is 10.5 Å². The molecule has 2 aliphatic rings. The van der Waals surface area contributed by atoms with Crippen LogP contribution in [0.5, 0.6) is 0 Å². The number of hydrogen-bond donors (Lipinski definition) is 1. The van der Waals surface area contributed by atoms with Gasteiger partial charge in [-0.15, -0.1) is 0 Å². The molecule has 1 fully saturated rings. The predicted octanol–water partition coefficient (Wildman–Crippen LogP) is 3.21. The highest BCUT2D eigenvalue weighted by Crippen LogP contribution is 2.37. The van der Waals surface area contributed by atoms with Crippen LogP contribution in [0.3, 0.4) is 0 Å². The predicted molar refractivity (Wildman–Crippen MR) is 79.4 cm³/mol. The maximum absolute atomic E-state index is 6.09. The second-order valence-electron chi connectivity index (χ2n) is 6.20. The number of nitrogens with two attached hydrogens (primary N) is 1. The lowest BCUT2D eigenvalue weighted by molar-refractivity contribution is 0.109. The molecule has 4 nitrogen and oxygen atoms in total. The molecule has 0 spiro atoms. The standard InChI is InChI=1S/C16H25N3O/c1-2-3-11-4-6-12(7-5-11)16-18-14-8-9-20-10-13(14)15(17)19-16/h11-12H,2-10H2,1H3,(H2,17,18,19). The lowest BCUT2D eigenvalue weighted by atomic mass is 9.79. The summed E-state index contributed by atoms with van der Waals surface area (Å²) in [5.74, 6) is 3.05. The molecule has 1 saturated carbocycles. The Labute approximate surface area is 121 Å². The van der Waals surface area contributed by atoms with Gasteiger partial charge in [-0.2, -0.15) is 0 Å². The summed E-state index contributed by atoms with van der Waals surface area (Å²) in [6.07, 6.45) is 8.64. The van der Waals surface area contributed by atoms with Crippen molar-refractivity contribution in [1.82, 2.24) is 9.97 Å². The van der Waals surface area contributed by atoms with Crippen LogP contribution >= 0.6 is 0 Å². The summed E-state index contributed by atoms with van der Waals surface area (Å²) in [6.45, 7) is 3.61. The monoisotopic (exact) mass is 275 g/mol. The van der Waals surface area contributed by atoms with Crippen LogP contribution in [0.2, 0.25) is 0 Å². The van der Waals surface area contributed by atoms with Gasteiger partial charge in [0.2, 0.25) is 0 Å². The van der Waals surface area contributed by atoms with E-state index in [4.69, 9.17) is 15.5 Å². The first kappa shape index (κ1) is 13.8. The third-order valence-electron chi connectivity index (χ3n) is 4.78. The molecule has 2 N–H and O–H groups in total. The minimum atomic E-state index is 0.513. The molecule has 1 aromatic rings. The summed E-state index contributed by atoms with van der Waals surface area (Å²) in [6, 6.07) is 0. The smallest absolute Gasteiger partial charge is 0.134 e. The van der Waals surface area contributed by atoms with E-state index in [2.05, 4.69) is 11.9 Å². The molecule has 0 aromatic carbocycles. The molecular formula is C16H25N3O. The Kier molecular flexibility index (Phi) is 4.20. The molecule has 0 radical (unpaired) electrons. The molecule has 1 aliphatic carbocycles. The SMILES string of the molecule is CCCC1CCC(c2nc(N)c3c(n2)CCOC3)CC1. The van der Waals surface area contributed by atoms with Crippen LogP contribution in [0.4, 0.5) is 5.82 Å². The number of nitrogen functional groups attached to an aromatic ring is 1. The Balaban J connectivity index is 1.73. The number of anilines is 1. The Morgan fingerprint density at radius 3 is 2.75 bits per heavy atom. The van der Waals surface area contributed by atoms with Gasteiger partial charge in [0.25, 0.3) is 0 Å². The zero-order valence-corrected chi connectivity index (χ0v) is 12.4. The number of fused-ring (bicyclic) bond motifs is 1. The van der Waals surface area contributed by atoms with Gasteiger partial charge in [0.15, 0.2) is 0 Å². The van der Waals surface area contributed by atoms with E-state index in [1.54, 1.807) is 0 Å². The van der Waals surface area contributed by atoms with Crippen molar-refractivity contribution < 1.29 is 4.74 Å². The fraction of sp³-hybridized carbons (Fsp3) is 0.750. The normalized spacial score (nSPS) is 26.2. The molecule has 3 rings (SSSR count). The maximum atomic E-state index is 6.09. The van der Waals surface area contributed by atoms with Gasteiger partial charge in [0, 0.05) is 17.9 Å².